The lowest BCUT2D eigenvalue weighted by Gasteiger charge is -2.61. The maximum Gasteiger partial charge on any atom is 0.306 e. The second-order valence-corrected chi connectivity index (χ2v) is 11.4. The maximum absolute atomic E-state index is 13.7. The first kappa shape index (κ1) is 26.1. The average molecular weight is 507 g/mol. The first-order chi connectivity index (χ1) is 16.4. The van der Waals surface area contributed by atoms with Crippen LogP contribution >= 0.6 is 11.6 Å². The maximum atomic E-state index is 13.7. The van der Waals surface area contributed by atoms with Crippen molar-refractivity contribution in [3.63, 3.8) is 0 Å². The standard InChI is InChI=1S/C27H35ClO7/c1-5-23(32)34-14-22(31)26(35-24(33)6-2)15(3)11-18-19-8-7-16-12-17(29)9-10-25(16,4)27(19,28)21(30)13-20(18)26/h9-10,12,15,18-21,30H,5-8,11,13-14H2,1-4H3/t15-,18?,19+,20?,21+,25+,26-,27+/m1/s1. The highest BCUT2D eigenvalue weighted by Crippen LogP contribution is 2.68. The molecule has 3 saturated carbocycles. The third-order valence-corrected chi connectivity index (χ3v) is 10.1. The van der Waals surface area contributed by atoms with E-state index in [-0.39, 0.29) is 42.8 Å². The molecule has 8 heteroatoms. The molecule has 4 aliphatic carbocycles. The molecule has 4 rings (SSSR count). The quantitative estimate of drug-likeness (QED) is 0.432. The lowest BCUT2D eigenvalue weighted by atomic mass is 9.49. The third-order valence-electron chi connectivity index (χ3n) is 9.19. The van der Waals surface area contributed by atoms with Crippen LogP contribution in [0.5, 0.6) is 0 Å². The minimum absolute atomic E-state index is 0.0772. The summed E-state index contributed by atoms with van der Waals surface area (Å²) >= 11 is 7.42. The van der Waals surface area contributed by atoms with Crippen LogP contribution in [0.4, 0.5) is 0 Å². The largest absolute Gasteiger partial charge is 0.457 e. The molecule has 192 valence electrons. The number of alkyl halides is 1. The van der Waals surface area contributed by atoms with E-state index in [0.717, 1.165) is 5.57 Å². The van der Waals surface area contributed by atoms with Gasteiger partial charge >= 0.3 is 11.9 Å². The second kappa shape index (κ2) is 9.15. The normalized spacial score (nSPS) is 41.8. The molecule has 7 nitrogen and oxygen atoms in total. The summed E-state index contributed by atoms with van der Waals surface area (Å²) in [4.78, 5) is 49.0. The predicted molar refractivity (Wildman–Crippen MR) is 128 cm³/mol. The van der Waals surface area contributed by atoms with Gasteiger partial charge < -0.3 is 14.6 Å². The number of fused-ring (bicyclic) bond motifs is 5. The SMILES string of the molecule is CCC(=O)OCC(=O)[C@]1(OC(=O)CC)C2C[C@H](O)[C@@]3(Cl)[C@@H](CCC4=CC(=O)C=C[C@@]43C)C2C[C@H]1C. The fraction of sp³-hybridized carbons (Fsp3) is 0.704. The highest BCUT2D eigenvalue weighted by molar-refractivity contribution is 6.26. The summed E-state index contributed by atoms with van der Waals surface area (Å²) in [5.74, 6) is -2.54. The fourth-order valence-corrected chi connectivity index (χ4v) is 7.97. The van der Waals surface area contributed by atoms with E-state index in [4.69, 9.17) is 21.1 Å². The molecular formula is C27H35ClO7. The number of aliphatic hydroxyl groups is 1. The van der Waals surface area contributed by atoms with Gasteiger partial charge in [0.2, 0.25) is 5.78 Å². The molecule has 35 heavy (non-hydrogen) atoms. The summed E-state index contributed by atoms with van der Waals surface area (Å²) < 4.78 is 11.1. The van der Waals surface area contributed by atoms with Crippen molar-refractivity contribution in [2.24, 2.45) is 29.1 Å². The molecule has 0 aliphatic heterocycles. The van der Waals surface area contributed by atoms with Gasteiger partial charge in [0.05, 0.1) is 11.0 Å². The minimum atomic E-state index is -1.49. The van der Waals surface area contributed by atoms with Crippen LogP contribution in [-0.2, 0) is 28.7 Å². The Kier molecular flexibility index (Phi) is 6.82. The van der Waals surface area contributed by atoms with Crippen LogP contribution < -0.4 is 0 Å². The van der Waals surface area contributed by atoms with Crippen molar-refractivity contribution in [1.82, 2.24) is 0 Å². The van der Waals surface area contributed by atoms with Gasteiger partial charge in [0.15, 0.2) is 18.0 Å². The monoisotopic (exact) mass is 506 g/mol. The number of ether oxygens (including phenoxy) is 2. The van der Waals surface area contributed by atoms with Gasteiger partial charge in [-0.15, -0.1) is 11.6 Å². The van der Waals surface area contributed by atoms with E-state index in [0.29, 0.717) is 19.3 Å². The Morgan fingerprint density at radius 1 is 1.14 bits per heavy atom. The summed E-state index contributed by atoms with van der Waals surface area (Å²) in [6.07, 6.45) is 6.31. The van der Waals surface area contributed by atoms with Gasteiger partial charge in [-0.25, -0.2) is 0 Å². The smallest absolute Gasteiger partial charge is 0.306 e. The molecule has 0 spiro atoms. The van der Waals surface area contributed by atoms with E-state index in [1.165, 1.54) is 6.08 Å². The van der Waals surface area contributed by atoms with Crippen LogP contribution in [0.2, 0.25) is 0 Å². The first-order valence-electron chi connectivity index (χ1n) is 12.7. The Bertz CT molecular complexity index is 1000. The Balaban J connectivity index is 1.74. The van der Waals surface area contributed by atoms with E-state index >= 15 is 0 Å². The van der Waals surface area contributed by atoms with Crippen LogP contribution in [0, 0.1) is 29.1 Å². The number of rotatable bonds is 6. The number of esters is 2. The highest BCUT2D eigenvalue weighted by atomic mass is 35.5. The number of aliphatic hydroxyl groups excluding tert-OH is 1. The van der Waals surface area contributed by atoms with Crippen molar-refractivity contribution in [3.05, 3.63) is 23.8 Å². The van der Waals surface area contributed by atoms with Crippen LogP contribution in [0.1, 0.15) is 66.2 Å². The molecule has 0 radical (unpaired) electrons. The first-order valence-corrected chi connectivity index (χ1v) is 13.0. The zero-order chi connectivity index (χ0) is 25.8. The number of hydrogen-bond acceptors (Lipinski definition) is 7. The van der Waals surface area contributed by atoms with Gasteiger partial charge in [-0.05, 0) is 49.7 Å². The topological polar surface area (TPSA) is 107 Å². The molecule has 0 aromatic heterocycles. The van der Waals surface area contributed by atoms with Gasteiger partial charge in [-0.1, -0.05) is 39.3 Å². The molecule has 0 amide bonds. The number of hydrogen-bond donors (Lipinski definition) is 1. The average Bonchev–Trinajstić information content (AvgIpc) is 3.10. The highest BCUT2D eigenvalue weighted by Gasteiger charge is 2.71. The lowest BCUT2D eigenvalue weighted by molar-refractivity contribution is -0.186. The fourth-order valence-electron chi connectivity index (χ4n) is 7.43. The number of carbonyl (C=O) groups excluding carboxylic acids is 4. The van der Waals surface area contributed by atoms with Crippen molar-refractivity contribution < 1.29 is 33.8 Å². The van der Waals surface area contributed by atoms with Gasteiger partial charge in [0.1, 0.15) is 0 Å². The van der Waals surface area contributed by atoms with Crippen LogP contribution in [0.15, 0.2) is 23.8 Å². The molecule has 0 bridgehead atoms. The Labute approximate surface area is 211 Å². The van der Waals surface area contributed by atoms with Crippen LogP contribution in [0.25, 0.3) is 0 Å². The molecule has 1 N–H and O–H groups in total. The van der Waals surface area contributed by atoms with Gasteiger partial charge in [0.25, 0.3) is 0 Å². The number of carbonyl (C=O) groups is 4. The zero-order valence-electron chi connectivity index (χ0n) is 20.8. The van der Waals surface area contributed by atoms with E-state index in [1.54, 1.807) is 19.9 Å². The Hall–Kier alpha value is -1.99. The summed E-state index contributed by atoms with van der Waals surface area (Å²) in [6.45, 7) is 6.70. The molecule has 0 heterocycles. The summed E-state index contributed by atoms with van der Waals surface area (Å²) in [7, 11) is 0. The summed E-state index contributed by atoms with van der Waals surface area (Å²) in [5.41, 5.74) is -1.27. The van der Waals surface area contributed by atoms with E-state index in [2.05, 4.69) is 0 Å². The molecule has 8 atom stereocenters. The van der Waals surface area contributed by atoms with Crippen molar-refractivity contribution >= 4 is 35.1 Å². The number of halogens is 1. The molecule has 0 aromatic rings. The molecule has 4 aliphatic rings. The zero-order valence-corrected chi connectivity index (χ0v) is 21.6. The van der Waals surface area contributed by atoms with E-state index in [9.17, 15) is 24.3 Å². The molecule has 2 unspecified atom stereocenters. The number of Topliss-reactive ketones (excluding diaryl/α,β-unsaturated/α-hetero) is 1. The molecule has 0 saturated heterocycles. The van der Waals surface area contributed by atoms with Gasteiger partial charge in [0, 0.05) is 30.1 Å². The molecule has 3 fully saturated rings. The van der Waals surface area contributed by atoms with Gasteiger partial charge in [-0.2, -0.15) is 0 Å². The Morgan fingerprint density at radius 2 is 1.83 bits per heavy atom. The second-order valence-electron chi connectivity index (χ2n) is 10.7. The number of ketones is 2. The van der Waals surface area contributed by atoms with Crippen molar-refractivity contribution in [2.45, 2.75) is 82.8 Å². The van der Waals surface area contributed by atoms with E-state index < -0.39 is 52.2 Å². The van der Waals surface area contributed by atoms with Crippen molar-refractivity contribution in [1.29, 1.82) is 0 Å². The van der Waals surface area contributed by atoms with E-state index in [1.807, 2.05) is 19.9 Å². The van der Waals surface area contributed by atoms with Crippen molar-refractivity contribution in [2.75, 3.05) is 6.61 Å². The summed E-state index contributed by atoms with van der Waals surface area (Å²) in [5, 5.41) is 11.6. The van der Waals surface area contributed by atoms with Gasteiger partial charge in [-0.3, -0.25) is 19.2 Å². The number of allylic oxidation sites excluding steroid dienone is 4. The summed E-state index contributed by atoms with van der Waals surface area (Å²) in [6, 6.07) is 0. The minimum Gasteiger partial charge on any atom is -0.457 e. The van der Waals surface area contributed by atoms with Crippen molar-refractivity contribution in [3.8, 4) is 0 Å². The Morgan fingerprint density at radius 3 is 2.49 bits per heavy atom. The van der Waals surface area contributed by atoms with Crippen LogP contribution in [-0.4, -0.2) is 51.8 Å². The third kappa shape index (κ3) is 3.72. The molecular weight excluding hydrogens is 472 g/mol. The van der Waals surface area contributed by atoms with Crippen LogP contribution in [0.3, 0.4) is 0 Å². The lowest BCUT2D eigenvalue weighted by Crippen LogP contribution is -2.66. The molecule has 0 aromatic carbocycles. The predicted octanol–water partition coefficient (Wildman–Crippen LogP) is 3.70.